The molecule has 1 aliphatic rings. The lowest BCUT2D eigenvalue weighted by Gasteiger charge is -2.17. The first kappa shape index (κ1) is 13.2. The average molecular weight is 336 g/mol. The number of nitrogens with zero attached hydrogens (tertiary/aromatic N) is 2. The number of carbonyl (C=O) groups is 1. The molecule has 1 amide bonds. The third kappa shape index (κ3) is 2.85. The Labute approximate surface area is 125 Å². The largest absolute Gasteiger partial charge is 0.444 e. The summed E-state index contributed by atoms with van der Waals surface area (Å²) < 4.78 is 5.81. The number of carbonyl (C=O) groups excluding carboxylic acids is 1. The number of amides is 1. The van der Waals surface area contributed by atoms with E-state index in [4.69, 9.17) is 4.42 Å². The Kier molecular flexibility index (Phi) is 3.73. The molecule has 1 fully saturated rings. The van der Waals surface area contributed by atoms with E-state index in [1.165, 1.54) is 0 Å². The highest BCUT2D eigenvalue weighted by molar-refractivity contribution is 9.10. The Morgan fingerprint density at radius 3 is 3.00 bits per heavy atom. The van der Waals surface area contributed by atoms with Gasteiger partial charge in [0.05, 0.1) is 0 Å². The zero-order chi connectivity index (χ0) is 13.9. The molecule has 5 nitrogen and oxygen atoms in total. The average Bonchev–Trinajstić information content (AvgIpc) is 3.09. The minimum absolute atomic E-state index is 0.119. The first-order valence-corrected chi connectivity index (χ1v) is 7.24. The van der Waals surface area contributed by atoms with Crippen LogP contribution in [-0.2, 0) is 0 Å². The Morgan fingerprint density at radius 1 is 1.40 bits per heavy atom. The van der Waals surface area contributed by atoms with E-state index in [2.05, 4.69) is 31.1 Å². The van der Waals surface area contributed by atoms with Crippen LogP contribution in [0.4, 0.5) is 5.82 Å². The molecule has 1 N–H and O–H groups in total. The summed E-state index contributed by atoms with van der Waals surface area (Å²) in [6.45, 7) is 1.66. The maximum Gasteiger partial charge on any atom is 0.287 e. The molecular weight excluding hydrogens is 322 g/mol. The number of hydrogen-bond acceptors (Lipinski definition) is 4. The molecule has 0 aliphatic carbocycles. The van der Waals surface area contributed by atoms with Crippen molar-refractivity contribution in [3.63, 3.8) is 0 Å². The molecular formula is C14H14BrN3O2. The van der Waals surface area contributed by atoms with Gasteiger partial charge in [0.2, 0.25) is 0 Å². The standard InChI is InChI=1S/C14H14BrN3O2/c15-12-5-4-11(20-12)14(19)17-10-6-8-18(9-10)13-3-1-2-7-16-13/h1-5,7,10H,6,8-9H2,(H,17,19)/t10-/m1/s1. The van der Waals surface area contributed by atoms with Crippen LogP contribution in [0, 0.1) is 0 Å². The van der Waals surface area contributed by atoms with Crippen LogP contribution >= 0.6 is 15.9 Å². The number of halogens is 1. The van der Waals surface area contributed by atoms with Gasteiger partial charge < -0.3 is 14.6 Å². The van der Waals surface area contributed by atoms with Gasteiger partial charge >= 0.3 is 0 Å². The monoisotopic (exact) mass is 335 g/mol. The molecule has 2 aromatic heterocycles. The molecule has 1 atom stereocenters. The van der Waals surface area contributed by atoms with Gasteiger partial charge in [0.1, 0.15) is 5.82 Å². The molecule has 2 aromatic rings. The van der Waals surface area contributed by atoms with E-state index in [9.17, 15) is 4.79 Å². The Bertz CT molecular complexity index is 599. The second kappa shape index (κ2) is 5.66. The lowest BCUT2D eigenvalue weighted by atomic mass is 10.2. The van der Waals surface area contributed by atoms with Crippen molar-refractivity contribution in [3.8, 4) is 0 Å². The molecule has 1 saturated heterocycles. The summed E-state index contributed by atoms with van der Waals surface area (Å²) in [5.74, 6) is 1.10. The van der Waals surface area contributed by atoms with Crippen LogP contribution in [0.15, 0.2) is 45.6 Å². The third-order valence-corrected chi connectivity index (χ3v) is 3.72. The topological polar surface area (TPSA) is 58.4 Å². The second-order valence-electron chi connectivity index (χ2n) is 4.70. The van der Waals surface area contributed by atoms with E-state index < -0.39 is 0 Å². The van der Waals surface area contributed by atoms with Crippen LogP contribution in [-0.4, -0.2) is 30.0 Å². The summed E-state index contributed by atoms with van der Waals surface area (Å²) in [6.07, 6.45) is 2.69. The summed E-state index contributed by atoms with van der Waals surface area (Å²) in [5.41, 5.74) is 0. The highest BCUT2D eigenvalue weighted by Crippen LogP contribution is 2.18. The maximum atomic E-state index is 12.0. The SMILES string of the molecule is O=C(N[C@@H]1CCN(c2ccccn2)C1)c1ccc(Br)o1. The van der Waals surface area contributed by atoms with E-state index >= 15 is 0 Å². The molecule has 3 rings (SSSR count). The van der Waals surface area contributed by atoms with Crippen molar-refractivity contribution >= 4 is 27.7 Å². The lowest BCUT2D eigenvalue weighted by molar-refractivity contribution is 0.0911. The Hall–Kier alpha value is -1.82. The minimum Gasteiger partial charge on any atom is -0.444 e. The number of aromatic nitrogens is 1. The molecule has 0 saturated carbocycles. The van der Waals surface area contributed by atoms with Crippen molar-refractivity contribution in [1.82, 2.24) is 10.3 Å². The van der Waals surface area contributed by atoms with Gasteiger partial charge in [-0.05, 0) is 46.6 Å². The van der Waals surface area contributed by atoms with E-state index in [0.29, 0.717) is 10.4 Å². The van der Waals surface area contributed by atoms with Gasteiger partial charge in [-0.2, -0.15) is 0 Å². The molecule has 3 heterocycles. The van der Waals surface area contributed by atoms with Gasteiger partial charge in [0.15, 0.2) is 10.4 Å². The van der Waals surface area contributed by atoms with E-state index in [0.717, 1.165) is 25.3 Å². The molecule has 0 spiro atoms. The minimum atomic E-state index is -0.177. The van der Waals surface area contributed by atoms with E-state index in [1.54, 1.807) is 18.3 Å². The molecule has 1 aliphatic heterocycles. The second-order valence-corrected chi connectivity index (χ2v) is 5.48. The summed E-state index contributed by atoms with van der Waals surface area (Å²) in [4.78, 5) is 18.5. The molecule has 0 bridgehead atoms. The van der Waals surface area contributed by atoms with Crippen molar-refractivity contribution in [2.45, 2.75) is 12.5 Å². The number of pyridine rings is 1. The highest BCUT2D eigenvalue weighted by Gasteiger charge is 2.25. The normalized spacial score (nSPS) is 18.2. The van der Waals surface area contributed by atoms with Crippen LogP contribution in [0.5, 0.6) is 0 Å². The van der Waals surface area contributed by atoms with Gasteiger partial charge in [-0.15, -0.1) is 0 Å². The number of anilines is 1. The van der Waals surface area contributed by atoms with Gasteiger partial charge in [-0.1, -0.05) is 6.07 Å². The molecule has 20 heavy (non-hydrogen) atoms. The summed E-state index contributed by atoms with van der Waals surface area (Å²) in [5, 5.41) is 2.99. The molecule has 6 heteroatoms. The van der Waals surface area contributed by atoms with Crippen molar-refractivity contribution in [1.29, 1.82) is 0 Å². The Morgan fingerprint density at radius 2 is 2.30 bits per heavy atom. The summed E-state index contributed by atoms with van der Waals surface area (Å²) in [7, 11) is 0. The van der Waals surface area contributed by atoms with Gasteiger partial charge in [-0.3, -0.25) is 4.79 Å². The van der Waals surface area contributed by atoms with Gasteiger partial charge in [0.25, 0.3) is 5.91 Å². The summed E-state index contributed by atoms with van der Waals surface area (Å²) in [6, 6.07) is 9.33. The van der Waals surface area contributed by atoms with Crippen molar-refractivity contribution in [3.05, 3.63) is 47.0 Å². The maximum absolute atomic E-state index is 12.0. The fourth-order valence-corrected chi connectivity index (χ4v) is 2.63. The fraction of sp³-hybridized carbons (Fsp3) is 0.286. The van der Waals surface area contributed by atoms with Gasteiger partial charge in [0, 0.05) is 25.3 Å². The molecule has 0 radical (unpaired) electrons. The van der Waals surface area contributed by atoms with Crippen molar-refractivity contribution in [2.24, 2.45) is 0 Å². The first-order valence-electron chi connectivity index (χ1n) is 6.44. The van der Waals surface area contributed by atoms with Gasteiger partial charge in [-0.25, -0.2) is 4.98 Å². The van der Waals surface area contributed by atoms with Crippen molar-refractivity contribution in [2.75, 3.05) is 18.0 Å². The van der Waals surface area contributed by atoms with Crippen LogP contribution in [0.2, 0.25) is 0 Å². The number of nitrogens with one attached hydrogen (secondary N) is 1. The zero-order valence-electron chi connectivity index (χ0n) is 10.8. The predicted octanol–water partition coefficient (Wildman–Crippen LogP) is 2.45. The van der Waals surface area contributed by atoms with Crippen LogP contribution in [0.25, 0.3) is 0 Å². The predicted molar refractivity (Wildman–Crippen MR) is 78.7 cm³/mol. The Balaban J connectivity index is 1.59. The first-order chi connectivity index (χ1) is 9.72. The zero-order valence-corrected chi connectivity index (χ0v) is 12.3. The van der Waals surface area contributed by atoms with Crippen LogP contribution in [0.1, 0.15) is 17.0 Å². The molecule has 0 aromatic carbocycles. The van der Waals surface area contributed by atoms with Crippen LogP contribution < -0.4 is 10.2 Å². The smallest absolute Gasteiger partial charge is 0.287 e. The third-order valence-electron chi connectivity index (χ3n) is 3.29. The van der Waals surface area contributed by atoms with Crippen LogP contribution in [0.3, 0.4) is 0 Å². The quantitative estimate of drug-likeness (QED) is 0.935. The van der Waals surface area contributed by atoms with Crippen molar-refractivity contribution < 1.29 is 9.21 Å². The van der Waals surface area contributed by atoms with E-state index in [1.807, 2.05) is 18.2 Å². The lowest BCUT2D eigenvalue weighted by Crippen LogP contribution is -2.37. The number of rotatable bonds is 3. The number of furan rings is 1. The fourth-order valence-electron chi connectivity index (χ4n) is 2.32. The molecule has 0 unspecified atom stereocenters. The van der Waals surface area contributed by atoms with E-state index in [-0.39, 0.29) is 11.9 Å². The highest BCUT2D eigenvalue weighted by atomic mass is 79.9. The number of hydrogen-bond donors (Lipinski definition) is 1. The summed E-state index contributed by atoms with van der Waals surface area (Å²) >= 11 is 3.19. The molecule has 104 valence electrons.